The highest BCUT2D eigenvalue weighted by Gasteiger charge is 2.15. The average molecular weight is 268 g/mol. The van der Waals surface area contributed by atoms with E-state index in [1.54, 1.807) is 30.3 Å². The normalized spacial score (nSPS) is 10.2. The lowest BCUT2D eigenvalue weighted by molar-refractivity contribution is 0.0691. The molecule has 0 saturated heterocycles. The quantitative estimate of drug-likeness (QED) is 0.902. The van der Waals surface area contributed by atoms with Crippen LogP contribution in [0.3, 0.4) is 0 Å². The molecule has 0 amide bonds. The number of hydrogen-bond acceptors (Lipinski definition) is 2. The van der Waals surface area contributed by atoms with Crippen LogP contribution in [0.5, 0.6) is 0 Å². The van der Waals surface area contributed by atoms with Crippen LogP contribution in [0.4, 0.5) is 0 Å². The van der Waals surface area contributed by atoms with Crippen LogP contribution in [0, 0.1) is 0 Å². The Morgan fingerprint density at radius 1 is 1.18 bits per heavy atom. The molecule has 17 heavy (non-hydrogen) atoms. The van der Waals surface area contributed by atoms with Crippen molar-refractivity contribution in [1.82, 2.24) is 4.98 Å². The van der Waals surface area contributed by atoms with Crippen LogP contribution < -0.4 is 0 Å². The number of carboxylic acid groups (broad SMARTS) is 1. The van der Waals surface area contributed by atoms with E-state index in [0.29, 0.717) is 21.2 Å². The molecular formula is C12H7Cl2NO2. The molecule has 0 aliphatic heterocycles. The van der Waals surface area contributed by atoms with Crippen molar-refractivity contribution < 1.29 is 9.90 Å². The third kappa shape index (κ3) is 2.40. The van der Waals surface area contributed by atoms with Crippen LogP contribution in [0.15, 0.2) is 36.5 Å². The number of aromatic nitrogens is 1. The Labute approximate surface area is 108 Å². The van der Waals surface area contributed by atoms with Crippen molar-refractivity contribution in [2.24, 2.45) is 0 Å². The van der Waals surface area contributed by atoms with E-state index in [-0.39, 0.29) is 5.69 Å². The van der Waals surface area contributed by atoms with Crippen LogP contribution in [0.1, 0.15) is 10.5 Å². The predicted octanol–water partition coefficient (Wildman–Crippen LogP) is 3.75. The maximum absolute atomic E-state index is 11.1. The number of aromatic carboxylic acids is 1. The fourth-order valence-corrected chi connectivity index (χ4v) is 1.89. The fraction of sp³-hybridized carbons (Fsp3) is 0. The van der Waals surface area contributed by atoms with Crippen LogP contribution in [-0.4, -0.2) is 16.1 Å². The zero-order valence-corrected chi connectivity index (χ0v) is 10.0. The summed E-state index contributed by atoms with van der Waals surface area (Å²) in [4.78, 5) is 14.9. The summed E-state index contributed by atoms with van der Waals surface area (Å²) in [5, 5.41) is 9.97. The van der Waals surface area contributed by atoms with Gasteiger partial charge in [-0.25, -0.2) is 9.78 Å². The monoisotopic (exact) mass is 267 g/mol. The zero-order valence-electron chi connectivity index (χ0n) is 8.52. The first-order valence-corrected chi connectivity index (χ1v) is 5.49. The van der Waals surface area contributed by atoms with Gasteiger partial charge in [-0.1, -0.05) is 29.3 Å². The van der Waals surface area contributed by atoms with Gasteiger partial charge in [-0.05, 0) is 24.3 Å². The number of benzene rings is 1. The van der Waals surface area contributed by atoms with Gasteiger partial charge in [-0.15, -0.1) is 0 Å². The lowest BCUT2D eigenvalue weighted by Gasteiger charge is -2.07. The standard InChI is InChI=1S/C12H7Cl2NO2/c13-7-3-4-10(14)9(6-7)8-2-1-5-15-11(8)12(16)17/h1-6H,(H,16,17). The molecule has 1 aromatic carbocycles. The van der Waals surface area contributed by atoms with Crippen molar-refractivity contribution in [1.29, 1.82) is 0 Å². The molecule has 1 N–H and O–H groups in total. The highest BCUT2D eigenvalue weighted by molar-refractivity contribution is 6.35. The number of hydrogen-bond donors (Lipinski definition) is 1. The highest BCUT2D eigenvalue weighted by atomic mass is 35.5. The molecule has 5 heteroatoms. The minimum Gasteiger partial charge on any atom is -0.476 e. The molecule has 0 aliphatic rings. The van der Waals surface area contributed by atoms with Crippen molar-refractivity contribution >= 4 is 29.2 Å². The average Bonchev–Trinajstić information content (AvgIpc) is 2.32. The number of carboxylic acids is 1. The van der Waals surface area contributed by atoms with Gasteiger partial charge in [0, 0.05) is 27.4 Å². The SMILES string of the molecule is O=C(O)c1ncccc1-c1cc(Cl)ccc1Cl. The van der Waals surface area contributed by atoms with E-state index in [0.717, 1.165) is 0 Å². The third-order valence-corrected chi connectivity index (χ3v) is 2.79. The van der Waals surface area contributed by atoms with E-state index in [9.17, 15) is 4.79 Å². The Hall–Kier alpha value is -1.58. The highest BCUT2D eigenvalue weighted by Crippen LogP contribution is 2.31. The molecule has 0 spiro atoms. The third-order valence-electron chi connectivity index (χ3n) is 2.23. The number of halogens is 2. The lowest BCUT2D eigenvalue weighted by atomic mass is 10.0. The van der Waals surface area contributed by atoms with E-state index in [1.165, 1.54) is 6.20 Å². The van der Waals surface area contributed by atoms with Crippen molar-refractivity contribution in [3.8, 4) is 11.1 Å². The predicted molar refractivity (Wildman–Crippen MR) is 66.7 cm³/mol. The number of nitrogens with zero attached hydrogens (tertiary/aromatic N) is 1. The van der Waals surface area contributed by atoms with Gasteiger partial charge in [0.2, 0.25) is 0 Å². The first-order valence-electron chi connectivity index (χ1n) is 4.73. The van der Waals surface area contributed by atoms with Crippen molar-refractivity contribution in [2.45, 2.75) is 0 Å². The molecule has 0 saturated carbocycles. The van der Waals surface area contributed by atoms with Gasteiger partial charge in [-0.3, -0.25) is 0 Å². The molecular weight excluding hydrogens is 261 g/mol. The van der Waals surface area contributed by atoms with Crippen LogP contribution in [-0.2, 0) is 0 Å². The smallest absolute Gasteiger partial charge is 0.355 e. The number of pyridine rings is 1. The molecule has 0 radical (unpaired) electrons. The van der Waals surface area contributed by atoms with E-state index < -0.39 is 5.97 Å². The Kier molecular flexibility index (Phi) is 3.31. The zero-order chi connectivity index (χ0) is 12.4. The number of carbonyl (C=O) groups is 1. The summed E-state index contributed by atoms with van der Waals surface area (Å²) in [5.74, 6) is -1.10. The first-order chi connectivity index (χ1) is 8.09. The summed E-state index contributed by atoms with van der Waals surface area (Å²) in [6.07, 6.45) is 1.42. The van der Waals surface area contributed by atoms with Gasteiger partial charge in [0.15, 0.2) is 5.69 Å². The molecule has 0 fully saturated rings. The van der Waals surface area contributed by atoms with Crippen LogP contribution in [0.2, 0.25) is 10.0 Å². The molecule has 2 aromatic rings. The van der Waals surface area contributed by atoms with Gasteiger partial charge in [0.1, 0.15) is 0 Å². The van der Waals surface area contributed by atoms with Gasteiger partial charge < -0.3 is 5.11 Å². The van der Waals surface area contributed by atoms with Gasteiger partial charge >= 0.3 is 5.97 Å². The van der Waals surface area contributed by atoms with Crippen molar-refractivity contribution in [3.05, 3.63) is 52.3 Å². The van der Waals surface area contributed by atoms with Crippen molar-refractivity contribution in [2.75, 3.05) is 0 Å². The number of rotatable bonds is 2. The molecule has 0 unspecified atom stereocenters. The Balaban J connectivity index is 2.68. The fourth-order valence-electron chi connectivity index (χ4n) is 1.50. The molecule has 0 atom stereocenters. The summed E-state index contributed by atoms with van der Waals surface area (Å²) < 4.78 is 0. The van der Waals surface area contributed by atoms with E-state index in [4.69, 9.17) is 28.3 Å². The Morgan fingerprint density at radius 3 is 2.65 bits per heavy atom. The molecule has 0 aliphatic carbocycles. The molecule has 3 nitrogen and oxygen atoms in total. The molecule has 86 valence electrons. The van der Waals surface area contributed by atoms with Gasteiger partial charge in [0.05, 0.1) is 0 Å². The molecule has 1 heterocycles. The summed E-state index contributed by atoms with van der Waals surface area (Å²) >= 11 is 11.9. The van der Waals surface area contributed by atoms with Crippen molar-refractivity contribution in [3.63, 3.8) is 0 Å². The van der Waals surface area contributed by atoms with E-state index in [2.05, 4.69) is 4.98 Å². The maximum atomic E-state index is 11.1. The second-order valence-electron chi connectivity index (χ2n) is 3.33. The summed E-state index contributed by atoms with van der Waals surface area (Å²) in [5.41, 5.74) is 0.967. The second kappa shape index (κ2) is 4.73. The minimum absolute atomic E-state index is 0.0448. The summed E-state index contributed by atoms with van der Waals surface area (Å²) in [6, 6.07) is 8.18. The topological polar surface area (TPSA) is 50.2 Å². The van der Waals surface area contributed by atoms with Crippen LogP contribution >= 0.6 is 23.2 Å². The first kappa shape index (κ1) is 11.9. The summed E-state index contributed by atoms with van der Waals surface area (Å²) in [6.45, 7) is 0. The second-order valence-corrected chi connectivity index (χ2v) is 4.17. The minimum atomic E-state index is -1.10. The van der Waals surface area contributed by atoms with Gasteiger partial charge in [-0.2, -0.15) is 0 Å². The Morgan fingerprint density at radius 2 is 1.94 bits per heavy atom. The molecule has 2 rings (SSSR count). The summed E-state index contributed by atoms with van der Waals surface area (Å²) in [7, 11) is 0. The van der Waals surface area contributed by atoms with Crippen LogP contribution in [0.25, 0.3) is 11.1 Å². The van der Waals surface area contributed by atoms with E-state index in [1.807, 2.05) is 0 Å². The largest absolute Gasteiger partial charge is 0.476 e. The van der Waals surface area contributed by atoms with E-state index >= 15 is 0 Å². The maximum Gasteiger partial charge on any atom is 0.355 e. The Bertz CT molecular complexity index is 584. The molecule has 1 aromatic heterocycles. The lowest BCUT2D eigenvalue weighted by Crippen LogP contribution is -2.02. The van der Waals surface area contributed by atoms with Gasteiger partial charge in [0.25, 0.3) is 0 Å². The molecule has 0 bridgehead atoms.